The Bertz CT molecular complexity index is 734. The van der Waals surface area contributed by atoms with Crippen molar-refractivity contribution in [3.63, 3.8) is 0 Å². The zero-order chi connectivity index (χ0) is 14.7. The molecule has 0 bridgehead atoms. The summed E-state index contributed by atoms with van der Waals surface area (Å²) in [5.74, 6) is -0.822. The fraction of sp³-hybridized carbons (Fsp3) is 0.188. The van der Waals surface area contributed by atoms with E-state index in [1.54, 1.807) is 11.3 Å². The van der Waals surface area contributed by atoms with Crippen molar-refractivity contribution >= 4 is 28.2 Å². The molecule has 0 aliphatic heterocycles. The van der Waals surface area contributed by atoms with E-state index < -0.39 is 12.0 Å². The van der Waals surface area contributed by atoms with Gasteiger partial charge >= 0.3 is 5.97 Å². The Balaban J connectivity index is 1.74. The van der Waals surface area contributed by atoms with Gasteiger partial charge < -0.3 is 10.1 Å². The molecule has 0 radical (unpaired) electrons. The summed E-state index contributed by atoms with van der Waals surface area (Å²) < 4.78 is 0. The molecule has 2 heterocycles. The molecule has 5 heteroatoms. The highest BCUT2D eigenvalue weighted by atomic mass is 32.1. The zero-order valence-corrected chi connectivity index (χ0v) is 12.2. The number of carboxylic acid groups (broad SMARTS) is 1. The van der Waals surface area contributed by atoms with Gasteiger partial charge in [-0.25, -0.2) is 0 Å². The van der Waals surface area contributed by atoms with Gasteiger partial charge in [-0.3, -0.25) is 10.1 Å². The van der Waals surface area contributed by atoms with Gasteiger partial charge in [0.05, 0.1) is 0 Å². The number of aromatic nitrogens is 1. The number of aromatic amines is 1. The smallest absolute Gasteiger partial charge is 0.321 e. The van der Waals surface area contributed by atoms with Crippen LogP contribution >= 0.6 is 11.3 Å². The second kappa shape index (κ2) is 6.11. The molecular formula is C16H16N2O2S. The van der Waals surface area contributed by atoms with E-state index in [0.29, 0.717) is 13.0 Å². The molecule has 1 atom stereocenters. The monoisotopic (exact) mass is 300 g/mol. The van der Waals surface area contributed by atoms with Crippen LogP contribution in [0.25, 0.3) is 10.9 Å². The Hall–Kier alpha value is -2.11. The summed E-state index contributed by atoms with van der Waals surface area (Å²) >= 11 is 1.63. The fourth-order valence-corrected chi connectivity index (χ4v) is 3.06. The molecule has 0 saturated carbocycles. The zero-order valence-electron chi connectivity index (χ0n) is 11.4. The molecule has 0 aliphatic carbocycles. The standard InChI is InChI=1S/C16H16N2O2S/c19-16(20)15(18-10-12-4-3-7-21-12)8-11-9-17-14-6-2-1-5-13(11)14/h1-7,9,15,17-18H,8,10H2,(H,19,20). The Morgan fingerprint density at radius 3 is 2.90 bits per heavy atom. The molecule has 3 N–H and O–H groups in total. The van der Waals surface area contributed by atoms with Crippen LogP contribution in [-0.4, -0.2) is 22.1 Å². The summed E-state index contributed by atoms with van der Waals surface area (Å²) in [7, 11) is 0. The van der Waals surface area contributed by atoms with Crippen LogP contribution in [0.3, 0.4) is 0 Å². The van der Waals surface area contributed by atoms with Crippen molar-refractivity contribution in [3.8, 4) is 0 Å². The molecule has 21 heavy (non-hydrogen) atoms. The van der Waals surface area contributed by atoms with Gasteiger partial charge in [0.15, 0.2) is 0 Å². The summed E-state index contributed by atoms with van der Waals surface area (Å²) in [6.07, 6.45) is 2.36. The van der Waals surface area contributed by atoms with Gasteiger partial charge in [0.1, 0.15) is 6.04 Å². The van der Waals surface area contributed by atoms with Crippen molar-refractivity contribution in [3.05, 3.63) is 58.4 Å². The molecular weight excluding hydrogens is 284 g/mol. The molecule has 1 unspecified atom stereocenters. The number of H-pyrrole nitrogens is 1. The van der Waals surface area contributed by atoms with E-state index in [1.165, 1.54) is 0 Å². The second-order valence-electron chi connectivity index (χ2n) is 4.91. The second-order valence-corrected chi connectivity index (χ2v) is 5.95. The predicted molar refractivity (Wildman–Crippen MR) is 84.6 cm³/mol. The first-order valence-electron chi connectivity index (χ1n) is 6.77. The third-order valence-corrected chi connectivity index (χ3v) is 4.38. The lowest BCUT2D eigenvalue weighted by Crippen LogP contribution is -2.37. The van der Waals surface area contributed by atoms with E-state index >= 15 is 0 Å². The van der Waals surface area contributed by atoms with Crippen molar-refractivity contribution in [2.24, 2.45) is 0 Å². The highest BCUT2D eigenvalue weighted by molar-refractivity contribution is 7.09. The SMILES string of the molecule is O=C(O)C(Cc1c[nH]c2ccccc12)NCc1cccs1. The number of fused-ring (bicyclic) bond motifs is 1. The number of carboxylic acids is 1. The predicted octanol–water partition coefficient (Wildman–Crippen LogP) is 3.01. The maximum absolute atomic E-state index is 11.5. The van der Waals surface area contributed by atoms with Crippen molar-refractivity contribution < 1.29 is 9.90 Å². The molecule has 0 fully saturated rings. The molecule has 4 nitrogen and oxygen atoms in total. The molecule has 0 saturated heterocycles. The van der Waals surface area contributed by atoms with Crippen molar-refractivity contribution in [2.75, 3.05) is 0 Å². The molecule has 3 rings (SSSR count). The van der Waals surface area contributed by atoms with Crippen LogP contribution in [0.15, 0.2) is 48.0 Å². The normalized spacial score (nSPS) is 12.6. The first-order chi connectivity index (χ1) is 10.2. The maximum atomic E-state index is 11.5. The lowest BCUT2D eigenvalue weighted by molar-refractivity contribution is -0.139. The topological polar surface area (TPSA) is 65.1 Å². The number of hydrogen-bond donors (Lipinski definition) is 3. The number of thiophene rings is 1. The van der Waals surface area contributed by atoms with E-state index in [0.717, 1.165) is 21.3 Å². The van der Waals surface area contributed by atoms with Gasteiger partial charge in [-0.05, 0) is 23.1 Å². The van der Waals surface area contributed by atoms with E-state index in [1.807, 2.05) is 48.0 Å². The number of aliphatic carboxylic acids is 1. The quantitative estimate of drug-likeness (QED) is 0.655. The number of nitrogens with one attached hydrogen (secondary N) is 2. The highest BCUT2D eigenvalue weighted by Gasteiger charge is 2.19. The molecule has 0 spiro atoms. The van der Waals surface area contributed by atoms with Gasteiger partial charge in [-0.1, -0.05) is 24.3 Å². The highest BCUT2D eigenvalue weighted by Crippen LogP contribution is 2.19. The number of para-hydroxylation sites is 1. The maximum Gasteiger partial charge on any atom is 0.321 e. The Morgan fingerprint density at radius 2 is 2.14 bits per heavy atom. The van der Waals surface area contributed by atoms with Crippen LogP contribution in [0.2, 0.25) is 0 Å². The summed E-state index contributed by atoms with van der Waals surface area (Å²) in [6, 6.07) is 11.3. The van der Waals surface area contributed by atoms with Crippen molar-refractivity contribution in [2.45, 2.75) is 19.0 Å². The summed E-state index contributed by atoms with van der Waals surface area (Å²) in [6.45, 7) is 0.580. The van der Waals surface area contributed by atoms with Crippen LogP contribution in [0.4, 0.5) is 0 Å². The molecule has 1 aromatic carbocycles. The van der Waals surface area contributed by atoms with Crippen molar-refractivity contribution in [1.82, 2.24) is 10.3 Å². The minimum Gasteiger partial charge on any atom is -0.480 e. The minimum absolute atomic E-state index is 0.463. The molecule has 0 amide bonds. The Morgan fingerprint density at radius 1 is 1.29 bits per heavy atom. The lowest BCUT2D eigenvalue weighted by atomic mass is 10.1. The summed E-state index contributed by atoms with van der Waals surface area (Å²) in [5.41, 5.74) is 2.06. The first-order valence-corrected chi connectivity index (χ1v) is 7.65. The number of benzene rings is 1. The molecule has 3 aromatic rings. The lowest BCUT2D eigenvalue weighted by Gasteiger charge is -2.13. The van der Waals surface area contributed by atoms with E-state index in [9.17, 15) is 9.90 Å². The summed E-state index contributed by atoms with van der Waals surface area (Å²) in [5, 5.41) is 15.6. The van der Waals surface area contributed by atoms with Crippen LogP contribution in [0.1, 0.15) is 10.4 Å². The number of hydrogen-bond acceptors (Lipinski definition) is 3. The minimum atomic E-state index is -0.822. The van der Waals surface area contributed by atoms with E-state index in [-0.39, 0.29) is 0 Å². The van der Waals surface area contributed by atoms with Crippen LogP contribution in [0, 0.1) is 0 Å². The number of rotatable bonds is 6. The molecule has 0 aliphatic rings. The largest absolute Gasteiger partial charge is 0.480 e. The molecule has 108 valence electrons. The average molecular weight is 300 g/mol. The first kappa shape index (κ1) is 13.9. The fourth-order valence-electron chi connectivity index (χ4n) is 2.40. The Labute approximate surface area is 126 Å². The van der Waals surface area contributed by atoms with Crippen LogP contribution in [-0.2, 0) is 17.8 Å². The number of carbonyl (C=O) groups is 1. The van der Waals surface area contributed by atoms with Gasteiger partial charge in [0, 0.05) is 34.9 Å². The third-order valence-electron chi connectivity index (χ3n) is 3.50. The van der Waals surface area contributed by atoms with E-state index in [2.05, 4.69) is 10.3 Å². The van der Waals surface area contributed by atoms with Gasteiger partial charge in [0.25, 0.3) is 0 Å². The summed E-state index contributed by atoms with van der Waals surface area (Å²) in [4.78, 5) is 15.8. The van der Waals surface area contributed by atoms with Gasteiger partial charge in [-0.15, -0.1) is 11.3 Å². The van der Waals surface area contributed by atoms with Crippen molar-refractivity contribution in [1.29, 1.82) is 0 Å². The van der Waals surface area contributed by atoms with E-state index in [4.69, 9.17) is 0 Å². The van der Waals surface area contributed by atoms with Crippen LogP contribution < -0.4 is 5.32 Å². The Kier molecular flexibility index (Phi) is 4.03. The van der Waals surface area contributed by atoms with Crippen LogP contribution in [0.5, 0.6) is 0 Å². The van der Waals surface area contributed by atoms with Gasteiger partial charge in [0.2, 0.25) is 0 Å². The molecule has 2 aromatic heterocycles. The average Bonchev–Trinajstić information content (AvgIpc) is 3.13. The van der Waals surface area contributed by atoms with Gasteiger partial charge in [-0.2, -0.15) is 0 Å². The third kappa shape index (κ3) is 3.15.